The van der Waals surface area contributed by atoms with Gasteiger partial charge >= 0.3 is 0 Å². The lowest BCUT2D eigenvalue weighted by molar-refractivity contribution is -0.117. The molecule has 2 aromatic heterocycles. The summed E-state index contributed by atoms with van der Waals surface area (Å²) in [6.07, 6.45) is 0.802. The van der Waals surface area contributed by atoms with Crippen molar-refractivity contribution in [3.05, 3.63) is 38.8 Å². The summed E-state index contributed by atoms with van der Waals surface area (Å²) >= 11 is 7.71. The van der Waals surface area contributed by atoms with E-state index in [-0.39, 0.29) is 5.78 Å². The van der Waals surface area contributed by atoms with Crippen molar-refractivity contribution in [3.8, 4) is 0 Å². The number of hydrogen-bond donors (Lipinski definition) is 0. The van der Waals surface area contributed by atoms with Gasteiger partial charge in [-0.15, -0.1) is 0 Å². The summed E-state index contributed by atoms with van der Waals surface area (Å²) in [5.74, 6) is 0.160. The predicted octanol–water partition coefficient (Wildman–Crippen LogP) is 2.80. The van der Waals surface area contributed by atoms with Crippen molar-refractivity contribution < 1.29 is 4.79 Å². The highest BCUT2D eigenvalue weighted by Gasteiger charge is 2.15. The van der Waals surface area contributed by atoms with Crippen molar-refractivity contribution in [3.63, 3.8) is 0 Å². The Hall–Kier alpha value is -1.13. The number of rotatable bonds is 4. The molecule has 0 atom stereocenters. The number of thiophene rings is 1. The molecule has 5 heteroatoms. The van der Waals surface area contributed by atoms with Crippen LogP contribution in [-0.2, 0) is 24.7 Å². The molecule has 0 saturated carbocycles. The zero-order valence-corrected chi connectivity index (χ0v) is 11.3. The molecule has 17 heavy (non-hydrogen) atoms. The average Bonchev–Trinajstić information content (AvgIpc) is 2.83. The average molecular weight is 269 g/mol. The first-order valence-electron chi connectivity index (χ1n) is 5.28. The zero-order valence-electron chi connectivity index (χ0n) is 9.74. The van der Waals surface area contributed by atoms with Gasteiger partial charge in [0.1, 0.15) is 5.78 Å². The van der Waals surface area contributed by atoms with E-state index >= 15 is 0 Å². The zero-order chi connectivity index (χ0) is 12.4. The lowest BCUT2D eigenvalue weighted by Crippen LogP contribution is -2.10. The van der Waals surface area contributed by atoms with Crippen LogP contribution in [0.1, 0.15) is 17.0 Å². The molecule has 0 aliphatic rings. The largest absolute Gasteiger partial charge is 0.299 e. The quantitative estimate of drug-likeness (QED) is 0.855. The number of halogens is 1. The molecule has 2 heterocycles. The smallest absolute Gasteiger partial charge is 0.143 e. The number of carbonyl (C=O) groups is 1. The van der Waals surface area contributed by atoms with Crippen LogP contribution < -0.4 is 0 Å². The Kier molecular flexibility index (Phi) is 3.64. The van der Waals surface area contributed by atoms with Gasteiger partial charge in [0.25, 0.3) is 0 Å². The second kappa shape index (κ2) is 5.02. The summed E-state index contributed by atoms with van der Waals surface area (Å²) in [6, 6.07) is 1.97. The van der Waals surface area contributed by atoms with Gasteiger partial charge in [-0.3, -0.25) is 9.48 Å². The summed E-state index contributed by atoms with van der Waals surface area (Å²) in [5.41, 5.74) is 2.63. The van der Waals surface area contributed by atoms with E-state index in [1.54, 1.807) is 16.0 Å². The highest BCUT2D eigenvalue weighted by molar-refractivity contribution is 7.08. The molecule has 0 unspecified atom stereocenters. The molecule has 0 bridgehead atoms. The molecule has 3 nitrogen and oxygen atoms in total. The number of hydrogen-bond acceptors (Lipinski definition) is 3. The predicted molar refractivity (Wildman–Crippen MR) is 69.7 cm³/mol. The molecule has 0 saturated heterocycles. The second-order valence-electron chi connectivity index (χ2n) is 3.99. The molecule has 2 rings (SSSR count). The van der Waals surface area contributed by atoms with Gasteiger partial charge in [-0.1, -0.05) is 11.6 Å². The second-order valence-corrected chi connectivity index (χ2v) is 5.15. The maximum absolute atomic E-state index is 11.9. The van der Waals surface area contributed by atoms with E-state index in [0.29, 0.717) is 17.9 Å². The first kappa shape index (κ1) is 12.3. The van der Waals surface area contributed by atoms with Crippen molar-refractivity contribution in [1.29, 1.82) is 0 Å². The Bertz CT molecular complexity index is 531. The van der Waals surface area contributed by atoms with Crippen LogP contribution in [0.15, 0.2) is 16.8 Å². The SMILES string of the molecule is Cc1nn(C)c(CC(=O)Cc2ccsc2)c1Cl. The summed E-state index contributed by atoms with van der Waals surface area (Å²) in [5, 5.41) is 8.77. The van der Waals surface area contributed by atoms with Crippen molar-refractivity contribution >= 4 is 28.7 Å². The van der Waals surface area contributed by atoms with Crippen LogP contribution in [0.25, 0.3) is 0 Å². The van der Waals surface area contributed by atoms with Crippen LogP contribution in [0.2, 0.25) is 5.02 Å². The van der Waals surface area contributed by atoms with Gasteiger partial charge in [-0.05, 0) is 29.3 Å². The van der Waals surface area contributed by atoms with Gasteiger partial charge in [0.05, 0.1) is 22.8 Å². The summed E-state index contributed by atoms with van der Waals surface area (Å²) in [6.45, 7) is 1.84. The molecule has 0 aliphatic carbocycles. The van der Waals surface area contributed by atoms with Crippen molar-refractivity contribution in [2.45, 2.75) is 19.8 Å². The summed E-state index contributed by atoms with van der Waals surface area (Å²) < 4.78 is 1.68. The Labute approximate surface area is 109 Å². The first-order chi connectivity index (χ1) is 8.08. The van der Waals surface area contributed by atoms with Crippen LogP contribution in [-0.4, -0.2) is 15.6 Å². The number of aryl methyl sites for hydroxylation is 2. The standard InChI is InChI=1S/C12H13ClN2OS/c1-8-12(13)11(15(2)14-8)6-10(16)5-9-3-4-17-7-9/h3-4,7H,5-6H2,1-2H3. The van der Waals surface area contributed by atoms with E-state index in [1.807, 2.05) is 30.8 Å². The molecule has 0 aromatic carbocycles. The summed E-state index contributed by atoms with van der Waals surface area (Å²) in [4.78, 5) is 11.9. The fourth-order valence-corrected chi connectivity index (χ4v) is 2.64. The van der Waals surface area contributed by atoms with E-state index in [1.165, 1.54) is 0 Å². The topological polar surface area (TPSA) is 34.9 Å². The van der Waals surface area contributed by atoms with Crippen molar-refractivity contribution in [1.82, 2.24) is 9.78 Å². The Morgan fingerprint density at radius 2 is 2.29 bits per heavy atom. The van der Waals surface area contributed by atoms with E-state index in [0.717, 1.165) is 17.0 Å². The molecule has 0 N–H and O–H groups in total. The molecule has 0 spiro atoms. The number of carbonyl (C=O) groups excluding carboxylic acids is 1. The van der Waals surface area contributed by atoms with Crippen LogP contribution in [0.4, 0.5) is 0 Å². The monoisotopic (exact) mass is 268 g/mol. The molecule has 0 aliphatic heterocycles. The minimum absolute atomic E-state index is 0.160. The number of Topliss-reactive ketones (excluding diaryl/α,β-unsaturated/α-hetero) is 1. The van der Waals surface area contributed by atoms with Gasteiger partial charge in [0.2, 0.25) is 0 Å². The van der Waals surface area contributed by atoms with E-state index < -0.39 is 0 Å². The number of ketones is 1. The lowest BCUT2D eigenvalue weighted by Gasteiger charge is -2.01. The Balaban J connectivity index is 2.08. The minimum Gasteiger partial charge on any atom is -0.299 e. The maximum Gasteiger partial charge on any atom is 0.143 e. The highest BCUT2D eigenvalue weighted by atomic mass is 35.5. The van der Waals surface area contributed by atoms with Gasteiger partial charge in [0, 0.05) is 13.5 Å². The normalized spacial score (nSPS) is 10.8. The molecule has 0 fully saturated rings. The highest BCUT2D eigenvalue weighted by Crippen LogP contribution is 2.20. The van der Waals surface area contributed by atoms with Crippen LogP contribution in [0.3, 0.4) is 0 Å². The van der Waals surface area contributed by atoms with Crippen molar-refractivity contribution in [2.75, 3.05) is 0 Å². The fraction of sp³-hybridized carbons (Fsp3) is 0.333. The fourth-order valence-electron chi connectivity index (χ4n) is 1.74. The van der Waals surface area contributed by atoms with Gasteiger partial charge in [-0.25, -0.2) is 0 Å². The van der Waals surface area contributed by atoms with Crippen LogP contribution in [0, 0.1) is 6.92 Å². The lowest BCUT2D eigenvalue weighted by atomic mass is 10.1. The molecular formula is C12H13ClN2OS. The van der Waals surface area contributed by atoms with Crippen molar-refractivity contribution in [2.24, 2.45) is 7.05 Å². The van der Waals surface area contributed by atoms with Gasteiger partial charge in [0.15, 0.2) is 0 Å². The summed E-state index contributed by atoms with van der Waals surface area (Å²) in [7, 11) is 1.81. The van der Waals surface area contributed by atoms with Gasteiger partial charge < -0.3 is 0 Å². The van der Waals surface area contributed by atoms with Crippen LogP contribution in [0.5, 0.6) is 0 Å². The minimum atomic E-state index is 0.160. The molecular weight excluding hydrogens is 256 g/mol. The first-order valence-corrected chi connectivity index (χ1v) is 6.60. The third-order valence-electron chi connectivity index (χ3n) is 2.61. The van der Waals surface area contributed by atoms with E-state index in [4.69, 9.17) is 11.6 Å². The molecule has 0 radical (unpaired) electrons. The Morgan fingerprint density at radius 1 is 1.53 bits per heavy atom. The maximum atomic E-state index is 11.9. The van der Waals surface area contributed by atoms with Crippen LogP contribution >= 0.6 is 22.9 Å². The molecule has 90 valence electrons. The van der Waals surface area contributed by atoms with E-state index in [2.05, 4.69) is 5.10 Å². The third-order valence-corrected chi connectivity index (χ3v) is 3.83. The number of nitrogens with zero attached hydrogens (tertiary/aromatic N) is 2. The van der Waals surface area contributed by atoms with E-state index in [9.17, 15) is 4.79 Å². The number of aromatic nitrogens is 2. The Morgan fingerprint density at radius 3 is 2.82 bits per heavy atom. The molecule has 0 amide bonds. The van der Waals surface area contributed by atoms with Gasteiger partial charge in [-0.2, -0.15) is 16.4 Å². The third kappa shape index (κ3) is 2.76. The molecule has 2 aromatic rings.